The highest BCUT2D eigenvalue weighted by atomic mass is 16.6. The van der Waals surface area contributed by atoms with Gasteiger partial charge in [-0.05, 0) is 20.8 Å². The fourth-order valence-corrected chi connectivity index (χ4v) is 3.03. The highest BCUT2D eigenvalue weighted by Crippen LogP contribution is 2.28. The van der Waals surface area contributed by atoms with Crippen molar-refractivity contribution < 1.29 is 19.4 Å². The van der Waals surface area contributed by atoms with Crippen LogP contribution < -0.4 is 0 Å². The lowest BCUT2D eigenvalue weighted by atomic mass is 10.0. The van der Waals surface area contributed by atoms with Gasteiger partial charge in [-0.3, -0.25) is 14.4 Å². The van der Waals surface area contributed by atoms with Gasteiger partial charge in [0.2, 0.25) is 0 Å². The van der Waals surface area contributed by atoms with Crippen LogP contribution in [0, 0.1) is 13.8 Å². The van der Waals surface area contributed by atoms with Crippen molar-refractivity contribution in [2.75, 3.05) is 32.8 Å². The Labute approximate surface area is 135 Å². The van der Waals surface area contributed by atoms with Crippen LogP contribution >= 0.6 is 0 Å². The summed E-state index contributed by atoms with van der Waals surface area (Å²) >= 11 is 0. The Bertz CT molecular complexity index is 591. The summed E-state index contributed by atoms with van der Waals surface area (Å²) < 4.78 is 6.69. The molecule has 23 heavy (non-hydrogen) atoms. The first kappa shape index (κ1) is 17.3. The van der Waals surface area contributed by atoms with Crippen molar-refractivity contribution in [3.05, 3.63) is 17.0 Å². The Kier molecular flexibility index (Phi) is 5.25. The zero-order valence-corrected chi connectivity index (χ0v) is 14.1. The molecule has 0 unspecified atom stereocenters. The van der Waals surface area contributed by atoms with E-state index in [1.165, 1.54) is 0 Å². The number of carbonyl (C=O) groups is 2. The molecule has 1 aromatic rings. The number of rotatable bonds is 4. The first-order valence-corrected chi connectivity index (χ1v) is 7.75. The molecule has 1 amide bonds. The van der Waals surface area contributed by atoms with Crippen molar-refractivity contribution in [2.24, 2.45) is 7.05 Å². The van der Waals surface area contributed by atoms with Gasteiger partial charge in [0.15, 0.2) is 0 Å². The minimum Gasteiger partial charge on any atom is -0.480 e. The second kappa shape index (κ2) is 6.99. The van der Waals surface area contributed by atoms with E-state index in [9.17, 15) is 14.7 Å². The second-order valence-corrected chi connectivity index (χ2v) is 5.67. The monoisotopic (exact) mass is 324 g/mol. The standard InChI is InChI=1S/C15H24N4O4/c1-5-23-15(22)19-8-6-18(7-9-19)13(14(20)21)12-10(2)16-17(4)11(12)3/h13H,5-9H2,1-4H3,(H,20,21)/t13-/m1/s1. The average Bonchev–Trinajstić information content (AvgIpc) is 2.75. The summed E-state index contributed by atoms with van der Waals surface area (Å²) in [6.45, 7) is 7.70. The second-order valence-electron chi connectivity index (χ2n) is 5.67. The summed E-state index contributed by atoms with van der Waals surface area (Å²) in [5.74, 6) is -0.895. The van der Waals surface area contributed by atoms with E-state index in [2.05, 4.69) is 5.10 Å². The number of aryl methyl sites for hydroxylation is 2. The van der Waals surface area contributed by atoms with Crippen molar-refractivity contribution in [3.63, 3.8) is 0 Å². The molecular weight excluding hydrogens is 300 g/mol. The molecule has 1 atom stereocenters. The molecular formula is C15H24N4O4. The van der Waals surface area contributed by atoms with Crippen LogP contribution in [0.3, 0.4) is 0 Å². The molecule has 1 saturated heterocycles. The average molecular weight is 324 g/mol. The minimum absolute atomic E-state index is 0.338. The predicted octanol–water partition coefficient (Wildman–Crippen LogP) is 0.937. The number of piperazine rings is 1. The van der Waals surface area contributed by atoms with Gasteiger partial charge in [0, 0.05) is 44.5 Å². The zero-order chi connectivity index (χ0) is 17.1. The zero-order valence-electron chi connectivity index (χ0n) is 14.1. The van der Waals surface area contributed by atoms with Gasteiger partial charge in [-0.15, -0.1) is 0 Å². The summed E-state index contributed by atoms with van der Waals surface area (Å²) in [4.78, 5) is 27.1. The Morgan fingerprint density at radius 2 is 1.87 bits per heavy atom. The lowest BCUT2D eigenvalue weighted by molar-refractivity contribution is -0.144. The molecule has 0 radical (unpaired) electrons. The Balaban J connectivity index is 2.15. The van der Waals surface area contributed by atoms with Crippen molar-refractivity contribution in [1.82, 2.24) is 19.6 Å². The van der Waals surface area contributed by atoms with E-state index in [0.717, 1.165) is 17.0 Å². The molecule has 0 saturated carbocycles. The molecule has 128 valence electrons. The summed E-state index contributed by atoms with van der Waals surface area (Å²) in [5.41, 5.74) is 2.32. The van der Waals surface area contributed by atoms with Crippen molar-refractivity contribution in [1.29, 1.82) is 0 Å². The molecule has 0 aromatic carbocycles. The highest BCUT2D eigenvalue weighted by Gasteiger charge is 2.35. The molecule has 0 bridgehead atoms. The maximum atomic E-state index is 11.8. The van der Waals surface area contributed by atoms with Crippen LogP contribution in [0.5, 0.6) is 0 Å². The summed E-state index contributed by atoms with van der Waals surface area (Å²) in [5, 5.41) is 14.0. The summed E-state index contributed by atoms with van der Waals surface area (Å²) in [6.07, 6.45) is -0.340. The molecule has 2 heterocycles. The lowest BCUT2D eigenvalue weighted by Crippen LogP contribution is -2.51. The molecule has 8 nitrogen and oxygen atoms in total. The normalized spacial score (nSPS) is 17.1. The number of carbonyl (C=O) groups excluding carboxylic acids is 1. The van der Waals surface area contributed by atoms with E-state index in [1.807, 2.05) is 25.8 Å². The van der Waals surface area contributed by atoms with Crippen molar-refractivity contribution in [3.8, 4) is 0 Å². The molecule has 0 spiro atoms. The number of nitrogens with zero attached hydrogens (tertiary/aromatic N) is 4. The van der Waals surface area contributed by atoms with Gasteiger partial charge in [-0.25, -0.2) is 4.79 Å². The number of carboxylic acid groups (broad SMARTS) is 1. The topological polar surface area (TPSA) is 87.9 Å². The SMILES string of the molecule is CCOC(=O)N1CCN([C@@H](C(=O)O)c2c(C)nn(C)c2C)CC1. The maximum absolute atomic E-state index is 11.8. The fraction of sp³-hybridized carbons (Fsp3) is 0.667. The first-order valence-electron chi connectivity index (χ1n) is 7.75. The highest BCUT2D eigenvalue weighted by molar-refractivity contribution is 5.76. The molecule has 8 heteroatoms. The van der Waals surface area contributed by atoms with Crippen LogP contribution in [0.4, 0.5) is 4.79 Å². The fourth-order valence-electron chi connectivity index (χ4n) is 3.03. The maximum Gasteiger partial charge on any atom is 0.409 e. The van der Waals surface area contributed by atoms with E-state index in [4.69, 9.17) is 4.74 Å². The predicted molar refractivity (Wildman–Crippen MR) is 83.2 cm³/mol. The first-order chi connectivity index (χ1) is 10.9. The van der Waals surface area contributed by atoms with Gasteiger partial charge in [0.05, 0.1) is 12.3 Å². The molecule has 1 aliphatic rings. The van der Waals surface area contributed by atoms with Crippen molar-refractivity contribution in [2.45, 2.75) is 26.8 Å². The molecule has 0 aliphatic carbocycles. The number of aliphatic carboxylic acids is 1. The molecule has 1 aliphatic heterocycles. The van der Waals surface area contributed by atoms with Gasteiger partial charge in [-0.1, -0.05) is 0 Å². The van der Waals surface area contributed by atoms with E-state index in [0.29, 0.717) is 32.8 Å². The van der Waals surface area contributed by atoms with E-state index in [-0.39, 0.29) is 6.09 Å². The molecule has 2 rings (SSSR count). The van der Waals surface area contributed by atoms with Crippen LogP contribution in [0.1, 0.15) is 29.9 Å². The minimum atomic E-state index is -0.895. The number of carboxylic acids is 1. The van der Waals surface area contributed by atoms with Crippen LogP contribution in [0.2, 0.25) is 0 Å². The third-order valence-corrected chi connectivity index (χ3v) is 4.28. The quantitative estimate of drug-likeness (QED) is 0.887. The van der Waals surface area contributed by atoms with E-state index < -0.39 is 12.0 Å². The summed E-state index contributed by atoms with van der Waals surface area (Å²) in [7, 11) is 1.81. The number of ether oxygens (including phenoxy) is 1. The smallest absolute Gasteiger partial charge is 0.409 e. The van der Waals surface area contributed by atoms with E-state index >= 15 is 0 Å². The third kappa shape index (κ3) is 3.47. The number of hydrogen-bond acceptors (Lipinski definition) is 5. The van der Waals surface area contributed by atoms with Gasteiger partial charge in [-0.2, -0.15) is 5.10 Å². The van der Waals surface area contributed by atoms with Gasteiger partial charge in [0.25, 0.3) is 0 Å². The van der Waals surface area contributed by atoms with E-state index in [1.54, 1.807) is 16.5 Å². The number of amides is 1. The molecule has 1 N–H and O–H groups in total. The van der Waals surface area contributed by atoms with Crippen molar-refractivity contribution >= 4 is 12.1 Å². The Morgan fingerprint density at radius 3 is 2.30 bits per heavy atom. The number of hydrogen-bond donors (Lipinski definition) is 1. The van der Waals surface area contributed by atoms with Crippen LogP contribution in [-0.4, -0.2) is 69.5 Å². The molecule has 1 aromatic heterocycles. The van der Waals surface area contributed by atoms with Crippen LogP contribution in [0.15, 0.2) is 0 Å². The Morgan fingerprint density at radius 1 is 1.26 bits per heavy atom. The number of aromatic nitrogens is 2. The van der Waals surface area contributed by atoms with Crippen LogP contribution in [-0.2, 0) is 16.6 Å². The van der Waals surface area contributed by atoms with Gasteiger partial charge >= 0.3 is 12.1 Å². The largest absolute Gasteiger partial charge is 0.480 e. The Hall–Kier alpha value is -2.09. The van der Waals surface area contributed by atoms with Gasteiger partial charge < -0.3 is 14.7 Å². The summed E-state index contributed by atoms with van der Waals surface area (Å²) in [6, 6.07) is -0.743. The molecule has 1 fully saturated rings. The third-order valence-electron chi connectivity index (χ3n) is 4.28. The van der Waals surface area contributed by atoms with Crippen LogP contribution in [0.25, 0.3) is 0 Å². The van der Waals surface area contributed by atoms with Gasteiger partial charge in [0.1, 0.15) is 6.04 Å². The lowest BCUT2D eigenvalue weighted by Gasteiger charge is -2.37.